The SMILES string of the molecule is COc1ccc2nc(-c3ccc(C)c(Cl)c3)[nH]c2c1. The predicted molar refractivity (Wildman–Crippen MR) is 77.8 cm³/mol. The quantitative estimate of drug-likeness (QED) is 0.759. The molecule has 0 unspecified atom stereocenters. The Balaban J connectivity index is 2.11. The molecule has 2 aromatic carbocycles. The van der Waals surface area contributed by atoms with E-state index in [1.807, 2.05) is 43.3 Å². The van der Waals surface area contributed by atoms with Crippen molar-refractivity contribution in [3.63, 3.8) is 0 Å². The van der Waals surface area contributed by atoms with E-state index >= 15 is 0 Å². The largest absolute Gasteiger partial charge is 0.497 e. The highest BCUT2D eigenvalue weighted by atomic mass is 35.5. The van der Waals surface area contributed by atoms with Gasteiger partial charge in [0, 0.05) is 16.7 Å². The molecule has 0 spiro atoms. The molecule has 1 N–H and O–H groups in total. The molecule has 19 heavy (non-hydrogen) atoms. The van der Waals surface area contributed by atoms with E-state index in [-0.39, 0.29) is 0 Å². The highest BCUT2D eigenvalue weighted by Crippen LogP contribution is 2.26. The number of fused-ring (bicyclic) bond motifs is 1. The lowest BCUT2D eigenvalue weighted by molar-refractivity contribution is 0.415. The molecule has 1 aromatic heterocycles. The average Bonchev–Trinajstić information content (AvgIpc) is 2.84. The summed E-state index contributed by atoms with van der Waals surface area (Å²) in [4.78, 5) is 7.84. The average molecular weight is 273 g/mol. The lowest BCUT2D eigenvalue weighted by Crippen LogP contribution is -1.82. The maximum atomic E-state index is 6.15. The number of aromatic amines is 1. The Kier molecular flexibility index (Phi) is 2.91. The number of nitrogens with one attached hydrogen (secondary N) is 1. The number of imidazole rings is 1. The monoisotopic (exact) mass is 272 g/mol. The summed E-state index contributed by atoms with van der Waals surface area (Å²) in [5, 5.41) is 0.746. The second-order valence-electron chi connectivity index (χ2n) is 4.43. The van der Waals surface area contributed by atoms with Crippen molar-refractivity contribution in [1.29, 1.82) is 0 Å². The number of nitrogens with zero attached hydrogens (tertiary/aromatic N) is 1. The van der Waals surface area contributed by atoms with Crippen LogP contribution in [0, 0.1) is 6.92 Å². The number of ether oxygens (including phenoxy) is 1. The van der Waals surface area contributed by atoms with Crippen molar-refractivity contribution in [2.45, 2.75) is 6.92 Å². The van der Waals surface area contributed by atoms with Crippen LogP contribution in [0.2, 0.25) is 5.02 Å². The summed E-state index contributed by atoms with van der Waals surface area (Å²) in [6.45, 7) is 1.98. The van der Waals surface area contributed by atoms with Gasteiger partial charge in [0.15, 0.2) is 0 Å². The molecule has 0 atom stereocenters. The van der Waals surface area contributed by atoms with E-state index < -0.39 is 0 Å². The van der Waals surface area contributed by atoms with Gasteiger partial charge in [-0.05, 0) is 30.7 Å². The highest BCUT2D eigenvalue weighted by Gasteiger charge is 2.07. The summed E-state index contributed by atoms with van der Waals surface area (Å²) >= 11 is 6.15. The maximum Gasteiger partial charge on any atom is 0.138 e. The standard InChI is InChI=1S/C15H13ClN2O/c1-9-3-4-10(7-12(9)16)15-17-13-6-5-11(19-2)8-14(13)18-15/h3-8H,1-2H3,(H,17,18). The van der Waals surface area contributed by atoms with Gasteiger partial charge >= 0.3 is 0 Å². The third-order valence-electron chi connectivity index (χ3n) is 3.13. The number of rotatable bonds is 2. The number of hydrogen-bond donors (Lipinski definition) is 1. The van der Waals surface area contributed by atoms with Crippen LogP contribution in [0.3, 0.4) is 0 Å². The van der Waals surface area contributed by atoms with Gasteiger partial charge in [-0.1, -0.05) is 23.7 Å². The van der Waals surface area contributed by atoms with Gasteiger partial charge in [0.2, 0.25) is 0 Å². The van der Waals surface area contributed by atoms with Crippen molar-refractivity contribution in [3.05, 3.63) is 47.0 Å². The molecule has 0 saturated heterocycles. The molecule has 3 rings (SSSR count). The van der Waals surface area contributed by atoms with Crippen molar-refractivity contribution < 1.29 is 4.74 Å². The lowest BCUT2D eigenvalue weighted by Gasteiger charge is -2.00. The molecule has 96 valence electrons. The molecule has 0 fully saturated rings. The van der Waals surface area contributed by atoms with Crippen LogP contribution in [-0.4, -0.2) is 17.1 Å². The fourth-order valence-corrected chi connectivity index (χ4v) is 2.17. The Morgan fingerprint density at radius 3 is 2.74 bits per heavy atom. The molecule has 0 radical (unpaired) electrons. The Morgan fingerprint density at radius 2 is 2.00 bits per heavy atom. The van der Waals surface area contributed by atoms with Crippen molar-refractivity contribution in [3.8, 4) is 17.1 Å². The second kappa shape index (κ2) is 4.59. The molecular formula is C15H13ClN2O. The molecule has 3 aromatic rings. The van der Waals surface area contributed by atoms with Crippen molar-refractivity contribution in [2.75, 3.05) is 7.11 Å². The zero-order valence-electron chi connectivity index (χ0n) is 10.7. The van der Waals surface area contributed by atoms with Gasteiger partial charge < -0.3 is 9.72 Å². The van der Waals surface area contributed by atoms with E-state index in [0.717, 1.165) is 38.8 Å². The summed E-state index contributed by atoms with van der Waals surface area (Å²) in [5.41, 5.74) is 3.90. The number of halogens is 1. The number of H-pyrrole nitrogens is 1. The number of hydrogen-bond acceptors (Lipinski definition) is 2. The molecule has 0 amide bonds. The van der Waals surface area contributed by atoms with E-state index in [2.05, 4.69) is 9.97 Å². The zero-order chi connectivity index (χ0) is 13.4. The molecule has 4 heteroatoms. The molecular weight excluding hydrogens is 260 g/mol. The molecule has 0 aliphatic carbocycles. The third-order valence-corrected chi connectivity index (χ3v) is 3.54. The van der Waals surface area contributed by atoms with Gasteiger partial charge in [0.25, 0.3) is 0 Å². The fourth-order valence-electron chi connectivity index (χ4n) is 1.99. The third kappa shape index (κ3) is 2.17. The minimum Gasteiger partial charge on any atom is -0.497 e. The van der Waals surface area contributed by atoms with Gasteiger partial charge in [-0.2, -0.15) is 0 Å². The first-order valence-corrected chi connectivity index (χ1v) is 6.35. The topological polar surface area (TPSA) is 37.9 Å². The Labute approximate surface area is 116 Å². The van der Waals surface area contributed by atoms with Gasteiger partial charge in [0.1, 0.15) is 11.6 Å². The predicted octanol–water partition coefficient (Wildman–Crippen LogP) is 4.20. The number of aromatic nitrogens is 2. The highest BCUT2D eigenvalue weighted by molar-refractivity contribution is 6.31. The molecule has 0 aliphatic heterocycles. The summed E-state index contributed by atoms with van der Waals surface area (Å²) in [5.74, 6) is 1.62. The minimum absolute atomic E-state index is 0.746. The zero-order valence-corrected chi connectivity index (χ0v) is 11.5. The van der Waals surface area contributed by atoms with E-state index in [0.29, 0.717) is 0 Å². The summed E-state index contributed by atoms with van der Waals surface area (Å²) in [7, 11) is 1.65. The Bertz CT molecular complexity index is 749. The van der Waals surface area contributed by atoms with E-state index in [4.69, 9.17) is 16.3 Å². The van der Waals surface area contributed by atoms with Crippen LogP contribution in [0.25, 0.3) is 22.4 Å². The van der Waals surface area contributed by atoms with Crippen LogP contribution in [0.15, 0.2) is 36.4 Å². The second-order valence-corrected chi connectivity index (χ2v) is 4.84. The van der Waals surface area contributed by atoms with Crippen molar-refractivity contribution in [1.82, 2.24) is 9.97 Å². The van der Waals surface area contributed by atoms with E-state index in [1.54, 1.807) is 7.11 Å². The fraction of sp³-hybridized carbons (Fsp3) is 0.133. The first-order valence-electron chi connectivity index (χ1n) is 5.97. The normalized spacial score (nSPS) is 10.9. The van der Waals surface area contributed by atoms with Crippen molar-refractivity contribution >= 4 is 22.6 Å². The Hall–Kier alpha value is -2.00. The molecule has 0 bridgehead atoms. The Morgan fingerprint density at radius 1 is 1.16 bits per heavy atom. The molecule has 0 saturated carbocycles. The van der Waals surface area contributed by atoms with Crippen LogP contribution in [0.4, 0.5) is 0 Å². The van der Waals surface area contributed by atoms with Crippen molar-refractivity contribution in [2.24, 2.45) is 0 Å². The van der Waals surface area contributed by atoms with E-state index in [9.17, 15) is 0 Å². The number of methoxy groups -OCH3 is 1. The van der Waals surface area contributed by atoms with Crippen LogP contribution < -0.4 is 4.74 Å². The van der Waals surface area contributed by atoms with Crippen LogP contribution in [-0.2, 0) is 0 Å². The molecule has 3 nitrogen and oxygen atoms in total. The summed E-state index contributed by atoms with van der Waals surface area (Å²) in [6, 6.07) is 11.7. The lowest BCUT2D eigenvalue weighted by atomic mass is 10.1. The van der Waals surface area contributed by atoms with Crippen LogP contribution >= 0.6 is 11.6 Å². The smallest absolute Gasteiger partial charge is 0.138 e. The van der Waals surface area contributed by atoms with Gasteiger partial charge in [-0.25, -0.2) is 4.98 Å². The van der Waals surface area contributed by atoms with Gasteiger partial charge in [0.05, 0.1) is 18.1 Å². The summed E-state index contributed by atoms with van der Waals surface area (Å²) in [6.07, 6.45) is 0. The van der Waals surface area contributed by atoms with Gasteiger partial charge in [-0.3, -0.25) is 0 Å². The first-order chi connectivity index (χ1) is 9.17. The number of benzene rings is 2. The van der Waals surface area contributed by atoms with Crippen LogP contribution in [0.5, 0.6) is 5.75 Å². The summed E-state index contributed by atoms with van der Waals surface area (Å²) < 4.78 is 5.20. The van der Waals surface area contributed by atoms with Gasteiger partial charge in [-0.15, -0.1) is 0 Å². The van der Waals surface area contributed by atoms with Crippen LogP contribution in [0.1, 0.15) is 5.56 Å². The molecule has 1 heterocycles. The van der Waals surface area contributed by atoms with E-state index in [1.165, 1.54) is 0 Å². The maximum absolute atomic E-state index is 6.15. The minimum atomic E-state index is 0.746. The first kappa shape index (κ1) is 12.1. The molecule has 0 aliphatic rings. The number of aryl methyl sites for hydroxylation is 1.